The third-order valence-electron chi connectivity index (χ3n) is 4.10. The van der Waals surface area contributed by atoms with Crippen molar-refractivity contribution in [2.45, 2.75) is 4.83 Å². The van der Waals surface area contributed by atoms with Crippen LogP contribution in [0.3, 0.4) is 0 Å². The molecule has 25 heavy (non-hydrogen) atoms. The molecule has 1 saturated heterocycles. The Hall–Kier alpha value is -2.36. The van der Waals surface area contributed by atoms with Gasteiger partial charge in [0.25, 0.3) is 0 Å². The Balaban J connectivity index is 1.51. The van der Waals surface area contributed by atoms with Crippen molar-refractivity contribution in [3.63, 3.8) is 0 Å². The topological polar surface area (TPSA) is 112 Å². The fourth-order valence-electron chi connectivity index (χ4n) is 2.59. The van der Waals surface area contributed by atoms with Crippen LogP contribution in [-0.4, -0.2) is 69.9 Å². The lowest BCUT2D eigenvalue weighted by Gasteiger charge is -2.34. The number of hydrogen-bond acceptors (Lipinski definition) is 7. The second-order valence-corrected chi connectivity index (χ2v) is 6.77. The van der Waals surface area contributed by atoms with Crippen LogP contribution in [-0.2, 0) is 0 Å². The van der Waals surface area contributed by atoms with E-state index in [9.17, 15) is 0 Å². The maximum Gasteiger partial charge on any atom is 0.233 e. The largest absolute Gasteiger partial charge is 0.490 e. The number of nitrogens with two attached hydrogens (primary N) is 1. The van der Waals surface area contributed by atoms with Crippen LogP contribution in [0.1, 0.15) is 0 Å². The normalized spacial score (nSPS) is 23.8. The van der Waals surface area contributed by atoms with Gasteiger partial charge in [-0.1, -0.05) is 27.2 Å². The average Bonchev–Trinajstić information content (AvgIpc) is 2.67. The quantitative estimate of drug-likeness (QED) is 0.247. The summed E-state index contributed by atoms with van der Waals surface area (Å²) in [7, 11) is 0. The van der Waals surface area contributed by atoms with Gasteiger partial charge in [-0.3, -0.25) is 4.99 Å². The number of hydrogen-bond donors (Lipinski definition) is 2. The zero-order chi connectivity index (χ0) is 17.6. The maximum absolute atomic E-state index is 8.72. The molecular formula is C15H20BrN7O2. The predicted molar refractivity (Wildman–Crippen MR) is 98.6 cm³/mol. The van der Waals surface area contributed by atoms with Crippen molar-refractivity contribution < 1.29 is 9.94 Å². The Bertz CT molecular complexity index is 656. The Morgan fingerprint density at radius 1 is 1.32 bits per heavy atom. The lowest BCUT2D eigenvalue weighted by molar-refractivity contribution is 0.279. The van der Waals surface area contributed by atoms with E-state index in [1.807, 2.05) is 17.2 Å². The first-order valence-electron chi connectivity index (χ1n) is 7.93. The highest BCUT2D eigenvalue weighted by atomic mass is 79.9. The number of oxime groups is 1. The van der Waals surface area contributed by atoms with Gasteiger partial charge in [-0.2, -0.15) is 0 Å². The van der Waals surface area contributed by atoms with E-state index in [1.165, 1.54) is 0 Å². The molecule has 1 aromatic heterocycles. The van der Waals surface area contributed by atoms with Gasteiger partial charge in [0.1, 0.15) is 0 Å². The van der Waals surface area contributed by atoms with Crippen LogP contribution in [0.25, 0.3) is 0 Å². The Morgan fingerprint density at radius 2 is 2.04 bits per heavy atom. The van der Waals surface area contributed by atoms with E-state index in [-0.39, 0.29) is 16.7 Å². The van der Waals surface area contributed by atoms with Crippen LogP contribution in [0.4, 0.5) is 5.95 Å². The molecule has 2 atom stereocenters. The molecule has 1 aromatic rings. The van der Waals surface area contributed by atoms with Crippen molar-refractivity contribution in [2.75, 3.05) is 37.7 Å². The molecule has 10 heteroatoms. The number of guanidine groups is 1. The van der Waals surface area contributed by atoms with Gasteiger partial charge in [0.05, 0.1) is 23.8 Å². The van der Waals surface area contributed by atoms with E-state index < -0.39 is 0 Å². The zero-order valence-electron chi connectivity index (χ0n) is 13.6. The minimum absolute atomic E-state index is 0.135. The summed E-state index contributed by atoms with van der Waals surface area (Å²) in [4.78, 5) is 16.9. The molecule has 0 bridgehead atoms. The van der Waals surface area contributed by atoms with E-state index in [0.29, 0.717) is 44.5 Å². The van der Waals surface area contributed by atoms with Crippen molar-refractivity contribution in [3.05, 3.63) is 24.7 Å². The van der Waals surface area contributed by atoms with Crippen molar-refractivity contribution >= 4 is 34.1 Å². The van der Waals surface area contributed by atoms with Crippen molar-refractivity contribution in [3.8, 4) is 5.75 Å². The highest BCUT2D eigenvalue weighted by Crippen LogP contribution is 2.19. The first kappa shape index (κ1) is 17.5. The molecular weight excluding hydrogens is 390 g/mol. The van der Waals surface area contributed by atoms with E-state index >= 15 is 0 Å². The summed E-state index contributed by atoms with van der Waals surface area (Å²) >= 11 is 3.56. The summed E-state index contributed by atoms with van der Waals surface area (Å²) in [5, 5.41) is 11.7. The Labute approximate surface area is 154 Å². The van der Waals surface area contributed by atoms with Crippen LogP contribution in [0.15, 0.2) is 34.8 Å². The maximum atomic E-state index is 8.72. The van der Waals surface area contributed by atoms with E-state index in [1.54, 1.807) is 18.6 Å². The number of piperazine rings is 1. The van der Waals surface area contributed by atoms with Gasteiger partial charge in [0, 0.05) is 44.5 Å². The van der Waals surface area contributed by atoms with Gasteiger partial charge >= 0.3 is 0 Å². The SMILES string of the molecule is N/C(=N\O)N1CCN(c2ncc(OCC3C=CN=CC3Br)cn2)CC1. The number of aromatic nitrogens is 2. The molecule has 3 N–H and O–H groups in total. The lowest BCUT2D eigenvalue weighted by atomic mass is 10.1. The van der Waals surface area contributed by atoms with Gasteiger partial charge in [-0.25, -0.2) is 9.97 Å². The number of rotatable bonds is 4. The number of alkyl halides is 1. The van der Waals surface area contributed by atoms with Gasteiger partial charge < -0.3 is 25.5 Å². The van der Waals surface area contributed by atoms with E-state index in [4.69, 9.17) is 15.7 Å². The molecule has 2 aliphatic rings. The first-order valence-corrected chi connectivity index (χ1v) is 8.85. The lowest BCUT2D eigenvalue weighted by Crippen LogP contribution is -2.51. The smallest absolute Gasteiger partial charge is 0.233 e. The highest BCUT2D eigenvalue weighted by molar-refractivity contribution is 9.10. The molecule has 2 unspecified atom stereocenters. The van der Waals surface area contributed by atoms with E-state index in [2.05, 4.69) is 40.9 Å². The number of nitrogens with zero attached hydrogens (tertiary/aromatic N) is 6. The van der Waals surface area contributed by atoms with Crippen molar-refractivity contribution in [1.82, 2.24) is 14.9 Å². The molecule has 1 fully saturated rings. The summed E-state index contributed by atoms with van der Waals surface area (Å²) in [5.74, 6) is 1.64. The van der Waals surface area contributed by atoms with Crippen molar-refractivity contribution in [2.24, 2.45) is 21.8 Å². The number of ether oxygens (including phenoxy) is 1. The van der Waals surface area contributed by atoms with Gasteiger partial charge in [-0.05, 0) is 0 Å². The number of aliphatic imine (C=N–C) groups is 1. The molecule has 0 saturated carbocycles. The Morgan fingerprint density at radius 3 is 2.68 bits per heavy atom. The highest BCUT2D eigenvalue weighted by Gasteiger charge is 2.21. The molecule has 0 aromatic carbocycles. The second-order valence-electron chi connectivity index (χ2n) is 5.71. The third kappa shape index (κ3) is 4.38. The molecule has 2 aliphatic heterocycles. The second kappa shape index (κ2) is 8.15. The molecule has 9 nitrogen and oxygen atoms in total. The minimum atomic E-state index is 0.135. The molecule has 0 spiro atoms. The molecule has 0 aliphatic carbocycles. The average molecular weight is 410 g/mol. The van der Waals surface area contributed by atoms with Gasteiger partial charge in [0.15, 0.2) is 5.75 Å². The summed E-state index contributed by atoms with van der Waals surface area (Å²) in [5.41, 5.74) is 5.60. The molecule has 3 heterocycles. The first-order chi connectivity index (χ1) is 12.2. The van der Waals surface area contributed by atoms with Gasteiger partial charge in [-0.15, -0.1) is 0 Å². The fourth-order valence-corrected chi connectivity index (χ4v) is 3.06. The third-order valence-corrected chi connectivity index (χ3v) is 5.02. The molecule has 0 radical (unpaired) electrons. The number of halogens is 1. The van der Waals surface area contributed by atoms with Crippen LogP contribution < -0.4 is 15.4 Å². The monoisotopic (exact) mass is 409 g/mol. The predicted octanol–water partition coefficient (Wildman–Crippen LogP) is 0.659. The fraction of sp³-hybridized carbons (Fsp3) is 0.467. The van der Waals surface area contributed by atoms with E-state index in [0.717, 1.165) is 0 Å². The summed E-state index contributed by atoms with van der Waals surface area (Å²) < 4.78 is 5.77. The summed E-state index contributed by atoms with van der Waals surface area (Å²) in [6.07, 6.45) is 9.00. The van der Waals surface area contributed by atoms with Crippen molar-refractivity contribution in [1.29, 1.82) is 0 Å². The van der Waals surface area contributed by atoms with Crippen LogP contribution in [0.2, 0.25) is 0 Å². The molecule has 3 rings (SSSR count). The molecule has 134 valence electrons. The Kier molecular flexibility index (Phi) is 5.69. The molecule has 0 amide bonds. The standard InChI is InChI=1S/C15H20BrN7O2/c16-13-9-18-2-1-11(13)10-25-12-7-19-15(20-8-12)23-5-3-22(4-6-23)14(17)21-24/h1-2,7-9,11,13,24H,3-6,10H2,(H2,17,21). The zero-order valence-corrected chi connectivity index (χ0v) is 15.2. The minimum Gasteiger partial charge on any atom is -0.490 e. The summed E-state index contributed by atoms with van der Waals surface area (Å²) in [6.45, 7) is 3.24. The van der Waals surface area contributed by atoms with Crippen LogP contribution in [0, 0.1) is 5.92 Å². The summed E-state index contributed by atoms with van der Waals surface area (Å²) in [6, 6.07) is 0. The van der Waals surface area contributed by atoms with Crippen LogP contribution >= 0.6 is 15.9 Å². The van der Waals surface area contributed by atoms with Crippen LogP contribution in [0.5, 0.6) is 5.75 Å². The van der Waals surface area contributed by atoms with Gasteiger partial charge in [0.2, 0.25) is 11.9 Å². The number of anilines is 1.